The molecule has 4 rings (SSSR count). The Balaban J connectivity index is 1.44. The van der Waals surface area contributed by atoms with Gasteiger partial charge in [0.25, 0.3) is 5.91 Å². The Kier molecular flexibility index (Phi) is 6.84. The number of hydrogen-bond acceptors (Lipinski definition) is 4. The third-order valence-electron chi connectivity index (χ3n) is 6.18. The molecule has 2 fully saturated rings. The molecule has 4 N–H and O–H groups in total. The minimum Gasteiger partial charge on any atom is -0.356 e. The fourth-order valence-electron chi connectivity index (χ4n) is 4.20. The van der Waals surface area contributed by atoms with E-state index in [1.807, 2.05) is 0 Å². The van der Waals surface area contributed by atoms with Crippen LogP contribution in [0.15, 0.2) is 18.2 Å². The molecule has 1 aromatic carbocycles. The Morgan fingerprint density at radius 3 is 2.70 bits per heavy atom. The number of H-pyrrole nitrogens is 1. The summed E-state index contributed by atoms with van der Waals surface area (Å²) < 4.78 is 14.1. The number of rotatable bonds is 8. The fourth-order valence-corrected chi connectivity index (χ4v) is 4.40. The van der Waals surface area contributed by atoms with Gasteiger partial charge < -0.3 is 20.9 Å². The van der Waals surface area contributed by atoms with E-state index in [-0.39, 0.29) is 34.3 Å². The summed E-state index contributed by atoms with van der Waals surface area (Å²) in [5, 5.41) is 18.1. The molecule has 1 unspecified atom stereocenters. The van der Waals surface area contributed by atoms with Gasteiger partial charge in [0, 0.05) is 22.9 Å². The van der Waals surface area contributed by atoms with E-state index in [0.717, 1.165) is 25.3 Å². The number of hydrogen-bond donors (Lipinski definition) is 4. The van der Waals surface area contributed by atoms with E-state index in [9.17, 15) is 24.0 Å². The largest absolute Gasteiger partial charge is 0.356 e. The van der Waals surface area contributed by atoms with E-state index in [1.54, 1.807) is 0 Å². The minimum absolute atomic E-state index is 0.107. The van der Waals surface area contributed by atoms with Gasteiger partial charge in [0.2, 0.25) is 11.8 Å². The number of piperidine rings is 1. The second-order valence-corrected chi connectivity index (χ2v) is 9.23. The number of aromatic nitrogens is 1. The molecule has 33 heavy (non-hydrogen) atoms. The zero-order chi connectivity index (χ0) is 23.5. The van der Waals surface area contributed by atoms with Crippen molar-refractivity contribution in [2.45, 2.75) is 50.6 Å². The summed E-state index contributed by atoms with van der Waals surface area (Å²) in [6, 6.07) is 4.43. The molecule has 1 saturated carbocycles. The molecule has 8 nitrogen and oxygen atoms in total. The lowest BCUT2D eigenvalue weighted by Crippen LogP contribution is -2.50. The molecule has 2 aliphatic rings. The van der Waals surface area contributed by atoms with Crippen LogP contribution in [-0.2, 0) is 9.59 Å². The lowest BCUT2D eigenvalue weighted by molar-refractivity contribution is -0.128. The highest BCUT2D eigenvalue weighted by atomic mass is 35.5. The number of benzene rings is 1. The van der Waals surface area contributed by atoms with E-state index in [4.69, 9.17) is 11.6 Å². The van der Waals surface area contributed by atoms with Crippen LogP contribution >= 0.6 is 11.6 Å². The first-order chi connectivity index (χ1) is 15.8. The van der Waals surface area contributed by atoms with Crippen molar-refractivity contribution in [2.75, 3.05) is 6.54 Å². The lowest BCUT2D eigenvalue weighted by atomic mass is 9.92. The molecule has 3 amide bonds. The van der Waals surface area contributed by atoms with Gasteiger partial charge in [-0.2, -0.15) is 5.26 Å². The summed E-state index contributed by atoms with van der Waals surface area (Å²) in [5.41, 5.74) is 0.485. The predicted molar refractivity (Wildman–Crippen MR) is 120 cm³/mol. The number of nitriles is 1. The molecule has 2 heterocycles. The number of aromatic amines is 1. The molecule has 10 heteroatoms. The first-order valence-corrected chi connectivity index (χ1v) is 11.5. The van der Waals surface area contributed by atoms with Crippen molar-refractivity contribution in [2.24, 2.45) is 11.8 Å². The topological polar surface area (TPSA) is 127 Å². The molecular formula is C23H25ClFN5O3. The standard InChI is InChI=1S/C23H25ClFN5O3/c24-14-8-17(25)16-10-20(29-18(16)9-14)23(33)30-19(6-12-3-4-12)22(32)28-15(11-26)7-13-2-1-5-27-21(13)31/h8-10,12-13,15,19,29H,1-7H2,(H,27,31)(H,28,32)(H,30,33)/t13-,15-,19?/m0/s1. The van der Waals surface area contributed by atoms with Crippen molar-refractivity contribution in [3.63, 3.8) is 0 Å². The molecule has 1 aliphatic carbocycles. The number of carbonyl (C=O) groups excluding carboxylic acids is 3. The number of carbonyl (C=O) groups is 3. The third kappa shape index (κ3) is 5.63. The number of nitrogens with zero attached hydrogens (tertiary/aromatic N) is 1. The molecule has 1 saturated heterocycles. The van der Waals surface area contributed by atoms with Crippen LogP contribution in [0.4, 0.5) is 4.39 Å². The summed E-state index contributed by atoms with van der Waals surface area (Å²) in [6.45, 7) is 0.623. The first kappa shape index (κ1) is 23.1. The Morgan fingerprint density at radius 1 is 1.21 bits per heavy atom. The number of halogens is 2. The van der Waals surface area contributed by atoms with E-state index in [0.29, 0.717) is 30.8 Å². The summed E-state index contributed by atoms with van der Waals surface area (Å²) >= 11 is 5.88. The van der Waals surface area contributed by atoms with Crippen molar-refractivity contribution in [3.05, 3.63) is 34.7 Å². The van der Waals surface area contributed by atoms with Gasteiger partial charge in [0.15, 0.2) is 0 Å². The molecule has 3 atom stereocenters. The van der Waals surface area contributed by atoms with Gasteiger partial charge >= 0.3 is 0 Å². The van der Waals surface area contributed by atoms with Crippen LogP contribution in [0.3, 0.4) is 0 Å². The second-order valence-electron chi connectivity index (χ2n) is 8.79. The first-order valence-electron chi connectivity index (χ1n) is 11.1. The van der Waals surface area contributed by atoms with Crippen LogP contribution in [-0.4, -0.2) is 41.3 Å². The highest BCUT2D eigenvalue weighted by Crippen LogP contribution is 2.34. The highest BCUT2D eigenvalue weighted by Gasteiger charge is 2.33. The molecule has 1 aromatic heterocycles. The van der Waals surface area contributed by atoms with E-state index < -0.39 is 29.7 Å². The molecule has 0 radical (unpaired) electrons. The van der Waals surface area contributed by atoms with E-state index in [2.05, 4.69) is 27.0 Å². The number of nitrogens with one attached hydrogen (secondary N) is 4. The summed E-state index contributed by atoms with van der Waals surface area (Å²) in [5.74, 6) is -1.68. The Morgan fingerprint density at radius 2 is 2.00 bits per heavy atom. The van der Waals surface area contributed by atoms with Gasteiger partial charge in [-0.1, -0.05) is 24.4 Å². The van der Waals surface area contributed by atoms with Gasteiger partial charge in [-0.3, -0.25) is 14.4 Å². The van der Waals surface area contributed by atoms with Crippen LogP contribution in [0.1, 0.15) is 49.0 Å². The van der Waals surface area contributed by atoms with Crippen molar-refractivity contribution in [1.29, 1.82) is 5.26 Å². The van der Waals surface area contributed by atoms with Crippen LogP contribution in [0, 0.1) is 29.0 Å². The van der Waals surface area contributed by atoms with Gasteiger partial charge in [0.1, 0.15) is 23.6 Å². The maximum atomic E-state index is 14.1. The highest BCUT2D eigenvalue weighted by molar-refractivity contribution is 6.31. The monoisotopic (exact) mass is 473 g/mol. The van der Waals surface area contributed by atoms with Gasteiger partial charge in [-0.25, -0.2) is 4.39 Å². The quantitative estimate of drug-likeness (QED) is 0.470. The molecule has 0 spiro atoms. The van der Waals surface area contributed by atoms with Crippen molar-refractivity contribution in [3.8, 4) is 6.07 Å². The molecule has 2 aromatic rings. The summed E-state index contributed by atoms with van der Waals surface area (Å²) in [4.78, 5) is 40.7. The van der Waals surface area contributed by atoms with Crippen LogP contribution in [0.5, 0.6) is 0 Å². The second kappa shape index (κ2) is 9.79. The smallest absolute Gasteiger partial charge is 0.268 e. The molecular weight excluding hydrogens is 449 g/mol. The van der Waals surface area contributed by atoms with Crippen molar-refractivity contribution >= 4 is 40.2 Å². The van der Waals surface area contributed by atoms with E-state index >= 15 is 0 Å². The molecule has 1 aliphatic heterocycles. The van der Waals surface area contributed by atoms with E-state index in [1.165, 1.54) is 12.1 Å². The normalized spacial score (nSPS) is 19.9. The predicted octanol–water partition coefficient (Wildman–Crippen LogP) is 2.78. The lowest BCUT2D eigenvalue weighted by Gasteiger charge is -2.25. The van der Waals surface area contributed by atoms with Crippen LogP contribution in [0.25, 0.3) is 10.9 Å². The average Bonchev–Trinajstić information content (AvgIpc) is 3.49. The van der Waals surface area contributed by atoms with Crippen LogP contribution in [0.2, 0.25) is 5.02 Å². The fraction of sp³-hybridized carbons (Fsp3) is 0.478. The maximum absolute atomic E-state index is 14.1. The minimum atomic E-state index is -0.846. The zero-order valence-corrected chi connectivity index (χ0v) is 18.7. The van der Waals surface area contributed by atoms with Gasteiger partial charge in [0.05, 0.1) is 11.6 Å². The number of fused-ring (bicyclic) bond motifs is 1. The molecule has 0 bridgehead atoms. The zero-order valence-electron chi connectivity index (χ0n) is 17.9. The maximum Gasteiger partial charge on any atom is 0.268 e. The number of amides is 3. The van der Waals surface area contributed by atoms with Crippen LogP contribution < -0.4 is 16.0 Å². The Bertz CT molecular complexity index is 1120. The van der Waals surface area contributed by atoms with Gasteiger partial charge in [-0.05, 0) is 49.8 Å². The van der Waals surface area contributed by atoms with Gasteiger partial charge in [-0.15, -0.1) is 0 Å². The summed E-state index contributed by atoms with van der Waals surface area (Å²) in [7, 11) is 0. The Hall–Kier alpha value is -3.12. The Labute approximate surface area is 195 Å². The summed E-state index contributed by atoms with van der Waals surface area (Å²) in [6.07, 6.45) is 4.11. The van der Waals surface area contributed by atoms with Crippen molar-refractivity contribution in [1.82, 2.24) is 20.9 Å². The van der Waals surface area contributed by atoms with Crippen molar-refractivity contribution < 1.29 is 18.8 Å². The molecule has 174 valence electrons. The SMILES string of the molecule is N#C[C@H](C[C@@H]1CCCNC1=O)NC(=O)C(CC1CC1)NC(=O)c1cc2c(F)cc(Cl)cc2[nH]1. The average molecular weight is 474 g/mol. The third-order valence-corrected chi connectivity index (χ3v) is 6.39.